The largest absolute Gasteiger partial charge is 0.486 e. The Morgan fingerprint density at radius 2 is 1.80 bits per heavy atom. The van der Waals surface area contributed by atoms with Crippen molar-refractivity contribution in [3.63, 3.8) is 0 Å². The lowest BCUT2D eigenvalue weighted by atomic mass is 9.92. The molecule has 2 aromatic rings. The summed E-state index contributed by atoms with van der Waals surface area (Å²) >= 11 is 0. The van der Waals surface area contributed by atoms with Crippen molar-refractivity contribution in [1.29, 1.82) is 0 Å². The number of hydrogen-bond acceptors (Lipinski definition) is 4. The Balaban J connectivity index is 1.64. The van der Waals surface area contributed by atoms with Gasteiger partial charge in [0.2, 0.25) is 0 Å². The van der Waals surface area contributed by atoms with Crippen LogP contribution in [0, 0.1) is 0 Å². The Hall–Kier alpha value is -3.02. The van der Waals surface area contributed by atoms with E-state index in [-0.39, 0.29) is 12.5 Å². The summed E-state index contributed by atoms with van der Waals surface area (Å²) in [6.07, 6.45) is 0. The lowest BCUT2D eigenvalue weighted by molar-refractivity contribution is -0.131. The van der Waals surface area contributed by atoms with E-state index in [9.17, 15) is 9.59 Å². The SMILES string of the molecule is CC1(c2ccccc2)NC(=O)N(Cc2cccc3c2OCCO3)C1=O. The van der Waals surface area contributed by atoms with Crippen molar-refractivity contribution < 1.29 is 19.1 Å². The highest BCUT2D eigenvalue weighted by Crippen LogP contribution is 2.36. The molecule has 6 heteroatoms. The Kier molecular flexibility index (Phi) is 3.60. The Labute approximate surface area is 145 Å². The van der Waals surface area contributed by atoms with Gasteiger partial charge >= 0.3 is 6.03 Å². The first kappa shape index (κ1) is 15.5. The molecule has 0 bridgehead atoms. The van der Waals surface area contributed by atoms with Gasteiger partial charge in [-0.3, -0.25) is 9.69 Å². The number of rotatable bonds is 3. The zero-order valence-electron chi connectivity index (χ0n) is 13.8. The van der Waals surface area contributed by atoms with Crippen LogP contribution in [-0.2, 0) is 16.9 Å². The third kappa shape index (κ3) is 2.50. The van der Waals surface area contributed by atoms with Gasteiger partial charge in [-0.25, -0.2) is 4.79 Å². The Bertz CT molecular complexity index is 837. The fraction of sp³-hybridized carbons (Fsp3) is 0.263. The molecule has 2 aliphatic heterocycles. The van der Waals surface area contributed by atoms with Crippen molar-refractivity contribution in [2.75, 3.05) is 13.2 Å². The van der Waals surface area contributed by atoms with Gasteiger partial charge in [0.05, 0.1) is 6.54 Å². The van der Waals surface area contributed by atoms with Crippen LogP contribution in [0.1, 0.15) is 18.1 Å². The average Bonchev–Trinajstić information content (AvgIpc) is 2.87. The number of ether oxygens (including phenoxy) is 2. The second kappa shape index (κ2) is 5.81. The summed E-state index contributed by atoms with van der Waals surface area (Å²) < 4.78 is 11.2. The number of urea groups is 1. The van der Waals surface area contributed by atoms with Gasteiger partial charge in [0, 0.05) is 5.56 Å². The van der Waals surface area contributed by atoms with Crippen molar-refractivity contribution in [2.45, 2.75) is 19.0 Å². The van der Waals surface area contributed by atoms with E-state index in [1.54, 1.807) is 6.92 Å². The summed E-state index contributed by atoms with van der Waals surface area (Å²) in [5, 5.41) is 2.81. The molecule has 1 saturated heterocycles. The van der Waals surface area contributed by atoms with Crippen LogP contribution in [0.15, 0.2) is 48.5 Å². The van der Waals surface area contributed by atoms with Gasteiger partial charge in [-0.15, -0.1) is 0 Å². The lowest BCUT2D eigenvalue weighted by Crippen LogP contribution is -2.40. The van der Waals surface area contributed by atoms with Crippen molar-refractivity contribution in [3.8, 4) is 11.5 Å². The summed E-state index contributed by atoms with van der Waals surface area (Å²) in [5.74, 6) is 0.960. The monoisotopic (exact) mass is 338 g/mol. The molecule has 1 unspecified atom stereocenters. The first-order valence-electron chi connectivity index (χ1n) is 8.17. The maximum atomic E-state index is 13.0. The van der Waals surface area contributed by atoms with Crippen LogP contribution in [0.3, 0.4) is 0 Å². The number of nitrogens with zero attached hydrogens (tertiary/aromatic N) is 1. The minimum absolute atomic E-state index is 0.139. The number of para-hydroxylation sites is 1. The molecular weight excluding hydrogens is 320 g/mol. The van der Waals surface area contributed by atoms with Crippen molar-refractivity contribution in [2.24, 2.45) is 0 Å². The standard InChI is InChI=1S/C19H18N2O4/c1-19(14-7-3-2-4-8-14)17(22)21(18(23)20-19)12-13-6-5-9-15-16(13)25-11-10-24-15/h2-9H,10-12H2,1H3,(H,20,23). The molecule has 0 aliphatic carbocycles. The van der Waals surface area contributed by atoms with E-state index in [4.69, 9.17) is 9.47 Å². The van der Waals surface area contributed by atoms with Crippen LogP contribution >= 0.6 is 0 Å². The molecule has 2 aromatic carbocycles. The lowest BCUT2D eigenvalue weighted by Gasteiger charge is -2.24. The van der Waals surface area contributed by atoms with Crippen molar-refractivity contribution in [3.05, 3.63) is 59.7 Å². The van der Waals surface area contributed by atoms with E-state index < -0.39 is 11.6 Å². The van der Waals surface area contributed by atoms with E-state index >= 15 is 0 Å². The summed E-state index contributed by atoms with van der Waals surface area (Å²) in [6.45, 7) is 2.81. The minimum Gasteiger partial charge on any atom is -0.486 e. The highest BCUT2D eigenvalue weighted by Gasteiger charge is 2.49. The van der Waals surface area contributed by atoms with Crippen LogP contribution in [0.5, 0.6) is 11.5 Å². The summed E-state index contributed by atoms with van der Waals surface area (Å²) in [4.78, 5) is 26.7. The molecule has 4 rings (SSSR count). The maximum Gasteiger partial charge on any atom is 0.325 e. The average molecular weight is 338 g/mol. The van der Waals surface area contributed by atoms with Crippen molar-refractivity contribution in [1.82, 2.24) is 10.2 Å². The molecule has 0 spiro atoms. The molecule has 2 heterocycles. The van der Waals surface area contributed by atoms with Crippen LogP contribution < -0.4 is 14.8 Å². The highest BCUT2D eigenvalue weighted by atomic mass is 16.6. The molecule has 128 valence electrons. The third-order valence-corrected chi connectivity index (χ3v) is 4.60. The highest BCUT2D eigenvalue weighted by molar-refractivity contribution is 6.07. The van der Waals surface area contributed by atoms with Crippen molar-refractivity contribution >= 4 is 11.9 Å². The van der Waals surface area contributed by atoms with E-state index in [1.165, 1.54) is 4.90 Å². The predicted octanol–water partition coefficient (Wildman–Crippen LogP) is 2.43. The Morgan fingerprint density at radius 3 is 2.60 bits per heavy atom. The number of carbonyl (C=O) groups excluding carboxylic acids is 2. The minimum atomic E-state index is -1.06. The van der Waals surface area contributed by atoms with Crippen LogP contribution in [0.2, 0.25) is 0 Å². The van der Waals surface area contributed by atoms with Gasteiger partial charge in [-0.05, 0) is 18.6 Å². The fourth-order valence-electron chi connectivity index (χ4n) is 3.24. The second-order valence-electron chi connectivity index (χ2n) is 6.25. The molecule has 0 radical (unpaired) electrons. The topological polar surface area (TPSA) is 67.9 Å². The van der Waals surface area contributed by atoms with E-state index in [0.717, 1.165) is 11.1 Å². The third-order valence-electron chi connectivity index (χ3n) is 4.60. The molecule has 0 saturated carbocycles. The molecule has 6 nitrogen and oxygen atoms in total. The number of fused-ring (bicyclic) bond motifs is 1. The molecule has 25 heavy (non-hydrogen) atoms. The number of benzene rings is 2. The van der Waals surface area contributed by atoms with Gasteiger partial charge < -0.3 is 14.8 Å². The summed E-state index contributed by atoms with van der Waals surface area (Å²) in [5.41, 5.74) is 0.438. The van der Waals surface area contributed by atoms with Gasteiger partial charge in [-0.2, -0.15) is 0 Å². The molecule has 1 N–H and O–H groups in total. The number of nitrogens with one attached hydrogen (secondary N) is 1. The smallest absolute Gasteiger partial charge is 0.325 e. The van der Waals surface area contributed by atoms with Gasteiger partial charge in [0.1, 0.15) is 18.8 Å². The second-order valence-corrected chi connectivity index (χ2v) is 6.25. The first-order chi connectivity index (χ1) is 12.1. The molecule has 0 aromatic heterocycles. The molecule has 2 aliphatic rings. The molecule has 1 fully saturated rings. The number of amides is 3. The molecular formula is C19H18N2O4. The Morgan fingerprint density at radius 1 is 1.04 bits per heavy atom. The zero-order chi connectivity index (χ0) is 17.4. The number of imide groups is 1. The maximum absolute atomic E-state index is 13.0. The normalized spacial score (nSPS) is 22.0. The zero-order valence-corrected chi connectivity index (χ0v) is 13.8. The summed E-state index contributed by atoms with van der Waals surface area (Å²) in [7, 11) is 0. The number of hydrogen-bond donors (Lipinski definition) is 1. The van der Waals surface area contributed by atoms with E-state index in [1.807, 2.05) is 48.5 Å². The van der Waals surface area contributed by atoms with E-state index in [0.29, 0.717) is 24.7 Å². The summed E-state index contributed by atoms with van der Waals surface area (Å²) in [6, 6.07) is 14.3. The van der Waals surface area contributed by atoms with Crippen LogP contribution in [-0.4, -0.2) is 30.1 Å². The van der Waals surface area contributed by atoms with Crippen LogP contribution in [0.4, 0.5) is 4.79 Å². The van der Waals surface area contributed by atoms with Crippen LogP contribution in [0.25, 0.3) is 0 Å². The van der Waals surface area contributed by atoms with Gasteiger partial charge in [0.25, 0.3) is 5.91 Å². The van der Waals surface area contributed by atoms with E-state index in [2.05, 4.69) is 5.32 Å². The van der Waals surface area contributed by atoms with Gasteiger partial charge in [0.15, 0.2) is 11.5 Å². The quantitative estimate of drug-likeness (QED) is 0.873. The molecule has 1 atom stereocenters. The number of carbonyl (C=O) groups is 2. The molecule has 3 amide bonds. The fourth-order valence-corrected chi connectivity index (χ4v) is 3.24. The predicted molar refractivity (Wildman–Crippen MR) is 90.3 cm³/mol. The first-order valence-corrected chi connectivity index (χ1v) is 8.17. The van der Waals surface area contributed by atoms with Gasteiger partial charge in [-0.1, -0.05) is 42.5 Å².